The van der Waals surface area contributed by atoms with Crippen molar-refractivity contribution in [3.63, 3.8) is 0 Å². The smallest absolute Gasteiger partial charge is 0.139 e. The van der Waals surface area contributed by atoms with Crippen LogP contribution in [0.25, 0.3) is 0 Å². The zero-order chi connectivity index (χ0) is 17.9. The van der Waals surface area contributed by atoms with Gasteiger partial charge in [0.1, 0.15) is 18.3 Å². The fraction of sp³-hybridized carbons (Fsp3) is 0.650. The van der Waals surface area contributed by atoms with Crippen molar-refractivity contribution in [3.05, 3.63) is 30.3 Å². The van der Waals surface area contributed by atoms with Crippen molar-refractivity contribution in [1.29, 1.82) is 0 Å². The summed E-state index contributed by atoms with van der Waals surface area (Å²) in [6.07, 6.45) is 2.18. The van der Waals surface area contributed by atoms with Gasteiger partial charge in [0.2, 0.25) is 0 Å². The molecule has 0 aliphatic carbocycles. The van der Waals surface area contributed by atoms with Gasteiger partial charge in [-0.3, -0.25) is 10.1 Å². The molecule has 0 spiro atoms. The Bertz CT molecular complexity index is 397. The molecule has 0 aromatic heterocycles. The molecule has 0 heterocycles. The summed E-state index contributed by atoms with van der Waals surface area (Å²) in [4.78, 5) is 10.5. The molecule has 7 heteroatoms. The van der Waals surface area contributed by atoms with Crippen molar-refractivity contribution in [2.24, 2.45) is 5.92 Å². The first-order valence-electron chi connectivity index (χ1n) is 8.29. The molecule has 1 rings (SSSR count). The van der Waals surface area contributed by atoms with Crippen molar-refractivity contribution in [2.75, 3.05) is 19.4 Å². The Balaban J connectivity index is -0.0000000702. The molecule has 1 N–H and O–H groups in total. The van der Waals surface area contributed by atoms with Crippen LogP contribution in [0.15, 0.2) is 30.3 Å². The molecule has 154 valence electrons. The number of hydrogen-bond donors (Lipinski definition) is 1. The Morgan fingerprint density at radius 2 is 1.67 bits per heavy atom. The van der Waals surface area contributed by atoms with E-state index in [-0.39, 0.29) is 31.7 Å². The van der Waals surface area contributed by atoms with Crippen LogP contribution in [0.3, 0.4) is 0 Å². The monoisotopic (exact) mass is 411 g/mol. The van der Waals surface area contributed by atoms with Gasteiger partial charge in [-0.15, -0.1) is 0 Å². The van der Waals surface area contributed by atoms with Crippen LogP contribution in [-0.4, -0.2) is 42.0 Å². The van der Waals surface area contributed by atoms with Gasteiger partial charge >= 0.3 is 0 Å². The molecule has 0 aliphatic rings. The standard InChI is InChI=1S/C11H17NO.C5H9OPS.C2H6.2CH4.2B/c1-10(2)8-12-9-13-11-6-4-3-5-7-11;1-2-5(6)3-4-7-8;1-2;;;;/h3-7,10,12H,8-9H2,1-2H3;2-4H2,1H3;1-2H3;2*1H4;;. The lowest BCUT2D eigenvalue weighted by Gasteiger charge is -2.08. The average molecular weight is 411 g/mol. The fourth-order valence-electron chi connectivity index (χ4n) is 1.35. The number of rotatable bonds is 9. The van der Waals surface area contributed by atoms with Crippen LogP contribution in [0.5, 0.6) is 5.75 Å². The Hall–Kier alpha value is -0.700. The SMILES string of the molecule is C.C.CC.CC(C)CNCOc1ccccc1.CCC(=O)CCP=S.[B].[B]. The summed E-state index contributed by atoms with van der Waals surface area (Å²) in [5.41, 5.74) is 0. The van der Waals surface area contributed by atoms with Gasteiger partial charge < -0.3 is 4.74 Å². The zero-order valence-corrected chi connectivity index (χ0v) is 18.0. The number of nitrogens with one attached hydrogen (secondary N) is 1. The Morgan fingerprint density at radius 3 is 2.07 bits per heavy atom. The maximum atomic E-state index is 10.5. The lowest BCUT2D eigenvalue weighted by atomic mass is 10.2. The quantitative estimate of drug-likeness (QED) is 0.250. The summed E-state index contributed by atoms with van der Waals surface area (Å²) in [5, 5.41) is 3.21. The van der Waals surface area contributed by atoms with Gasteiger partial charge in [0, 0.05) is 42.4 Å². The molecule has 6 radical (unpaired) electrons. The number of benzene rings is 1. The molecule has 0 amide bonds. The van der Waals surface area contributed by atoms with E-state index in [4.69, 9.17) is 4.74 Å². The molecule has 0 saturated heterocycles. The van der Waals surface area contributed by atoms with E-state index in [1.54, 1.807) is 0 Å². The summed E-state index contributed by atoms with van der Waals surface area (Å²) < 4.78 is 5.45. The number of ketones is 1. The highest BCUT2D eigenvalue weighted by Gasteiger charge is 1.94. The van der Waals surface area contributed by atoms with Crippen molar-refractivity contribution in [2.45, 2.75) is 62.3 Å². The van der Waals surface area contributed by atoms with Crippen LogP contribution in [0.4, 0.5) is 0 Å². The van der Waals surface area contributed by atoms with E-state index < -0.39 is 0 Å². The first kappa shape index (κ1) is 40.9. The molecule has 27 heavy (non-hydrogen) atoms. The van der Waals surface area contributed by atoms with E-state index in [9.17, 15) is 4.79 Å². The van der Waals surface area contributed by atoms with Gasteiger partial charge in [-0.1, -0.05) is 79.5 Å². The lowest BCUT2D eigenvalue weighted by Crippen LogP contribution is -2.24. The highest BCUT2D eigenvalue weighted by molar-refractivity contribution is 7.96. The topological polar surface area (TPSA) is 38.3 Å². The Morgan fingerprint density at radius 1 is 1.15 bits per heavy atom. The minimum absolute atomic E-state index is 0. The largest absolute Gasteiger partial charge is 0.478 e. The molecule has 0 fully saturated rings. The summed E-state index contributed by atoms with van der Waals surface area (Å²) in [7, 11) is 0.912. The van der Waals surface area contributed by atoms with E-state index in [0.29, 0.717) is 31.3 Å². The molecular formula is C20H40B2NO2PS. The summed E-state index contributed by atoms with van der Waals surface area (Å²) in [6.45, 7) is 11.8. The van der Waals surface area contributed by atoms with Crippen molar-refractivity contribution in [3.8, 4) is 5.75 Å². The molecule has 3 nitrogen and oxygen atoms in total. The van der Waals surface area contributed by atoms with E-state index in [1.807, 2.05) is 51.1 Å². The van der Waals surface area contributed by atoms with Gasteiger partial charge in [-0.2, -0.15) is 0 Å². The van der Waals surface area contributed by atoms with Crippen LogP contribution in [0.2, 0.25) is 0 Å². The highest BCUT2D eigenvalue weighted by Crippen LogP contribution is 2.06. The van der Waals surface area contributed by atoms with Crippen LogP contribution < -0.4 is 10.1 Å². The molecule has 0 unspecified atom stereocenters. The van der Waals surface area contributed by atoms with Crippen LogP contribution in [-0.2, 0) is 16.6 Å². The first-order valence-corrected chi connectivity index (χ1v) is 10.4. The maximum absolute atomic E-state index is 10.5. The van der Waals surface area contributed by atoms with Crippen LogP contribution >= 0.6 is 7.36 Å². The number of hydrogen-bond acceptors (Lipinski definition) is 4. The summed E-state index contributed by atoms with van der Waals surface area (Å²) in [5.74, 6) is 1.90. The summed E-state index contributed by atoms with van der Waals surface area (Å²) in [6, 6.07) is 9.83. The average Bonchev–Trinajstić information content (AvgIpc) is 2.59. The number of carbonyl (C=O) groups excluding carboxylic acids is 1. The number of para-hydroxylation sites is 1. The van der Waals surface area contributed by atoms with Crippen LogP contribution in [0.1, 0.15) is 62.3 Å². The second kappa shape index (κ2) is 32.9. The minimum atomic E-state index is 0. The fourth-order valence-corrected chi connectivity index (χ4v) is 1.96. The van der Waals surface area contributed by atoms with Crippen molar-refractivity contribution >= 4 is 41.8 Å². The van der Waals surface area contributed by atoms with Crippen molar-refractivity contribution < 1.29 is 9.53 Å². The molecule has 0 saturated carbocycles. The molecule has 0 aliphatic heterocycles. The number of carbonyl (C=O) groups is 1. The van der Waals surface area contributed by atoms with E-state index in [1.165, 1.54) is 0 Å². The number of Topliss-reactive ketones (excluding diaryl/α,β-unsaturated/α-hetero) is 1. The van der Waals surface area contributed by atoms with Crippen molar-refractivity contribution in [1.82, 2.24) is 5.32 Å². The Kier molecular flexibility index (Phi) is 49.8. The van der Waals surface area contributed by atoms with Gasteiger partial charge in [0.25, 0.3) is 0 Å². The third kappa shape index (κ3) is 33.3. The highest BCUT2D eigenvalue weighted by atomic mass is 32.4. The van der Waals surface area contributed by atoms with Gasteiger partial charge in [0.05, 0.1) is 0 Å². The second-order valence-electron chi connectivity index (χ2n) is 4.94. The predicted molar refractivity (Wildman–Crippen MR) is 130 cm³/mol. The molecule has 1 aromatic rings. The van der Waals surface area contributed by atoms with Gasteiger partial charge in [-0.25, -0.2) is 0 Å². The van der Waals surface area contributed by atoms with E-state index >= 15 is 0 Å². The Labute approximate surface area is 180 Å². The first-order chi connectivity index (χ1) is 11.1. The van der Waals surface area contributed by atoms with Gasteiger partial charge in [-0.05, 0) is 25.4 Å². The predicted octanol–water partition coefficient (Wildman–Crippen LogP) is 5.57. The van der Waals surface area contributed by atoms with Gasteiger partial charge in [0.15, 0.2) is 0 Å². The van der Waals surface area contributed by atoms with E-state index in [2.05, 4.69) is 31.0 Å². The second-order valence-corrected chi connectivity index (χ2v) is 6.42. The third-order valence-corrected chi connectivity index (χ3v) is 3.47. The lowest BCUT2D eigenvalue weighted by molar-refractivity contribution is -0.118. The normalized spacial score (nSPS) is 8.07. The van der Waals surface area contributed by atoms with E-state index in [0.717, 1.165) is 25.8 Å². The summed E-state index contributed by atoms with van der Waals surface area (Å²) >= 11 is 4.64. The molecule has 1 aromatic carbocycles. The number of ether oxygens (including phenoxy) is 1. The minimum Gasteiger partial charge on any atom is -0.478 e. The molecule has 0 atom stereocenters. The third-order valence-electron chi connectivity index (χ3n) is 2.51. The maximum Gasteiger partial charge on any atom is 0.139 e. The zero-order valence-electron chi connectivity index (χ0n) is 16.3. The van der Waals surface area contributed by atoms with Crippen LogP contribution in [0, 0.1) is 5.92 Å². The molecule has 0 bridgehead atoms. The molecular weight excluding hydrogens is 371 g/mol.